The van der Waals surface area contributed by atoms with Crippen molar-refractivity contribution in [3.05, 3.63) is 94.0 Å². The number of hydrogen-bond acceptors (Lipinski definition) is 6. The fraction of sp³-hybridized carbons (Fsp3) is 0.214. The number of carbonyl (C=O) groups is 2. The van der Waals surface area contributed by atoms with Crippen LogP contribution in [0.25, 0.3) is 6.08 Å². The molecule has 1 N–H and O–H groups in total. The summed E-state index contributed by atoms with van der Waals surface area (Å²) < 4.78 is 11.4. The molecule has 0 atom stereocenters. The van der Waals surface area contributed by atoms with Crippen LogP contribution in [0.3, 0.4) is 0 Å². The van der Waals surface area contributed by atoms with Crippen LogP contribution in [0.2, 0.25) is 0 Å². The van der Waals surface area contributed by atoms with Crippen LogP contribution in [0.5, 0.6) is 11.5 Å². The molecule has 0 aliphatic carbocycles. The molecule has 0 spiro atoms. The summed E-state index contributed by atoms with van der Waals surface area (Å²) >= 11 is 0. The lowest BCUT2D eigenvalue weighted by atomic mass is 10.1. The Kier molecular flexibility index (Phi) is 8.15. The minimum absolute atomic E-state index is 0.0178. The predicted molar refractivity (Wildman–Crippen MR) is 141 cm³/mol. The van der Waals surface area contributed by atoms with E-state index >= 15 is 0 Å². The quantitative estimate of drug-likeness (QED) is 0.178. The summed E-state index contributed by atoms with van der Waals surface area (Å²) in [7, 11) is 0. The lowest BCUT2D eigenvalue weighted by Gasteiger charge is -2.30. The predicted octanol–water partition coefficient (Wildman–Crippen LogP) is 5.14. The number of fused-ring (bicyclic) bond motifs is 1. The van der Waals surface area contributed by atoms with E-state index in [9.17, 15) is 19.7 Å². The Balaban J connectivity index is 1.34. The summed E-state index contributed by atoms with van der Waals surface area (Å²) in [5.74, 6) is 0.920. The van der Waals surface area contributed by atoms with Crippen molar-refractivity contribution in [1.82, 2.24) is 0 Å². The van der Waals surface area contributed by atoms with E-state index in [-0.39, 0.29) is 24.1 Å². The smallest absolute Gasteiger partial charge is 0.269 e. The van der Waals surface area contributed by atoms with Crippen LogP contribution in [0.1, 0.15) is 24.0 Å². The number of ether oxygens (including phenoxy) is 2. The molecular weight excluding hydrogens is 474 g/mol. The summed E-state index contributed by atoms with van der Waals surface area (Å²) in [6.07, 6.45) is 4.42. The van der Waals surface area contributed by atoms with Crippen molar-refractivity contribution in [1.29, 1.82) is 0 Å². The molecule has 0 saturated carbocycles. The molecule has 0 aromatic heterocycles. The van der Waals surface area contributed by atoms with Gasteiger partial charge in [-0.25, -0.2) is 0 Å². The first-order chi connectivity index (χ1) is 17.9. The molecule has 1 aliphatic rings. The highest BCUT2D eigenvalue weighted by Gasteiger charge is 2.25. The third kappa shape index (κ3) is 6.72. The first-order valence-electron chi connectivity index (χ1n) is 11.9. The molecular formula is C28H27N3O6. The number of para-hydroxylation sites is 1. The number of nitro groups is 1. The topological polar surface area (TPSA) is 111 Å². The van der Waals surface area contributed by atoms with Gasteiger partial charge in [0.15, 0.2) is 6.61 Å². The summed E-state index contributed by atoms with van der Waals surface area (Å²) in [6.45, 7) is 3.02. The fourth-order valence-electron chi connectivity index (χ4n) is 3.86. The standard InChI is InChI=1S/C28H27N3O6/c1-20-6-2-3-7-25(20)36-17-5-4-16-30-24-18-22(11-14-26(24)37-19-28(30)33)29-27(32)15-10-21-8-12-23(13-9-21)31(34)35/h2-3,6-15,18H,4-5,16-17,19H2,1H3,(H,29,32)/b15-10+. The minimum atomic E-state index is -0.479. The number of aryl methyl sites for hydroxylation is 1. The monoisotopic (exact) mass is 501 g/mol. The number of carbonyl (C=O) groups excluding carboxylic acids is 2. The molecule has 1 heterocycles. The number of nitrogens with zero attached hydrogens (tertiary/aromatic N) is 2. The number of nitrogens with one attached hydrogen (secondary N) is 1. The van der Waals surface area contributed by atoms with Crippen molar-refractivity contribution >= 4 is 35.0 Å². The maximum Gasteiger partial charge on any atom is 0.269 e. The van der Waals surface area contributed by atoms with Crippen molar-refractivity contribution in [3.63, 3.8) is 0 Å². The number of rotatable bonds is 10. The third-order valence-electron chi connectivity index (χ3n) is 5.83. The van der Waals surface area contributed by atoms with E-state index in [1.54, 1.807) is 41.3 Å². The van der Waals surface area contributed by atoms with Gasteiger partial charge in [0.2, 0.25) is 5.91 Å². The van der Waals surface area contributed by atoms with Gasteiger partial charge in [-0.15, -0.1) is 0 Å². The third-order valence-corrected chi connectivity index (χ3v) is 5.83. The molecule has 9 nitrogen and oxygen atoms in total. The Labute approximate surface area is 214 Å². The fourth-order valence-corrected chi connectivity index (χ4v) is 3.86. The van der Waals surface area contributed by atoms with Crippen LogP contribution in [0.15, 0.2) is 72.8 Å². The number of benzene rings is 3. The SMILES string of the molecule is Cc1ccccc1OCCCCN1C(=O)COc2ccc(NC(=O)/C=C/c3ccc([N+](=O)[O-])cc3)cc21. The van der Waals surface area contributed by atoms with Crippen LogP contribution in [-0.4, -0.2) is 36.5 Å². The van der Waals surface area contributed by atoms with Gasteiger partial charge in [-0.05, 0) is 73.4 Å². The van der Waals surface area contributed by atoms with E-state index in [1.165, 1.54) is 18.2 Å². The molecule has 190 valence electrons. The van der Waals surface area contributed by atoms with E-state index in [0.717, 1.165) is 24.2 Å². The Hall–Kier alpha value is -4.66. The maximum absolute atomic E-state index is 12.6. The van der Waals surface area contributed by atoms with Crippen LogP contribution >= 0.6 is 0 Å². The maximum atomic E-state index is 12.6. The number of non-ortho nitro benzene ring substituents is 1. The van der Waals surface area contributed by atoms with Crippen molar-refractivity contribution in [2.24, 2.45) is 0 Å². The first kappa shape index (κ1) is 25.4. The zero-order chi connectivity index (χ0) is 26.2. The van der Waals surface area contributed by atoms with Gasteiger partial charge < -0.3 is 19.7 Å². The van der Waals surface area contributed by atoms with Gasteiger partial charge >= 0.3 is 0 Å². The molecule has 0 saturated heterocycles. The van der Waals surface area contributed by atoms with Crippen LogP contribution in [0.4, 0.5) is 17.1 Å². The van der Waals surface area contributed by atoms with Gasteiger partial charge in [-0.1, -0.05) is 18.2 Å². The van der Waals surface area contributed by atoms with Crippen molar-refractivity contribution in [2.45, 2.75) is 19.8 Å². The first-order valence-corrected chi connectivity index (χ1v) is 11.9. The Morgan fingerprint density at radius 3 is 2.68 bits per heavy atom. The average molecular weight is 502 g/mol. The van der Waals surface area contributed by atoms with Crippen LogP contribution in [-0.2, 0) is 9.59 Å². The lowest BCUT2D eigenvalue weighted by molar-refractivity contribution is -0.384. The van der Waals surface area contributed by atoms with Gasteiger partial charge in [-0.3, -0.25) is 19.7 Å². The Bertz CT molecular complexity index is 1320. The second kappa shape index (κ2) is 11.9. The molecule has 0 bridgehead atoms. The molecule has 0 radical (unpaired) electrons. The van der Waals surface area contributed by atoms with Gasteiger partial charge in [-0.2, -0.15) is 0 Å². The van der Waals surface area contributed by atoms with Crippen LogP contribution < -0.4 is 19.7 Å². The second-order valence-electron chi connectivity index (χ2n) is 8.51. The van der Waals surface area contributed by atoms with Gasteiger partial charge in [0.1, 0.15) is 11.5 Å². The normalized spacial score (nSPS) is 12.7. The second-order valence-corrected chi connectivity index (χ2v) is 8.51. The van der Waals surface area contributed by atoms with E-state index < -0.39 is 4.92 Å². The van der Waals surface area contributed by atoms with Crippen molar-refractivity contribution in [3.8, 4) is 11.5 Å². The van der Waals surface area contributed by atoms with Gasteiger partial charge in [0.05, 0.1) is 17.2 Å². The molecule has 37 heavy (non-hydrogen) atoms. The lowest BCUT2D eigenvalue weighted by Crippen LogP contribution is -2.39. The number of anilines is 2. The zero-order valence-electron chi connectivity index (χ0n) is 20.4. The van der Waals surface area contributed by atoms with Gasteiger partial charge in [0, 0.05) is 30.4 Å². The molecule has 2 amide bonds. The molecule has 1 aliphatic heterocycles. The number of unbranched alkanes of at least 4 members (excludes halogenated alkanes) is 1. The number of amides is 2. The van der Waals surface area contributed by atoms with Crippen molar-refractivity contribution in [2.75, 3.05) is 30.0 Å². The molecule has 3 aromatic carbocycles. The number of hydrogen-bond donors (Lipinski definition) is 1. The van der Waals surface area contributed by atoms with Gasteiger partial charge in [0.25, 0.3) is 11.6 Å². The van der Waals surface area contributed by atoms with E-state index in [2.05, 4.69) is 5.32 Å². The molecule has 9 heteroatoms. The largest absolute Gasteiger partial charge is 0.493 e. The molecule has 0 unspecified atom stereocenters. The van der Waals surface area contributed by atoms with Crippen molar-refractivity contribution < 1.29 is 24.0 Å². The molecule has 0 fully saturated rings. The highest BCUT2D eigenvalue weighted by molar-refractivity contribution is 6.03. The molecule has 3 aromatic rings. The summed E-state index contributed by atoms with van der Waals surface area (Å²) in [6, 6.07) is 18.9. The average Bonchev–Trinajstić information content (AvgIpc) is 2.89. The highest BCUT2D eigenvalue weighted by Crippen LogP contribution is 2.35. The Morgan fingerprint density at radius 2 is 1.92 bits per heavy atom. The summed E-state index contributed by atoms with van der Waals surface area (Å²) in [5, 5.41) is 13.5. The minimum Gasteiger partial charge on any atom is -0.493 e. The number of nitro benzene ring substituents is 1. The van der Waals surface area contributed by atoms with Crippen LogP contribution in [0, 0.1) is 17.0 Å². The molecule has 4 rings (SSSR count). The zero-order valence-corrected chi connectivity index (χ0v) is 20.4. The highest BCUT2D eigenvalue weighted by atomic mass is 16.6. The van der Waals surface area contributed by atoms with E-state index in [1.807, 2.05) is 31.2 Å². The van der Waals surface area contributed by atoms with E-state index in [0.29, 0.717) is 35.8 Å². The summed E-state index contributed by atoms with van der Waals surface area (Å²) in [5.41, 5.74) is 2.84. The van der Waals surface area contributed by atoms with E-state index in [4.69, 9.17) is 9.47 Å². The Morgan fingerprint density at radius 1 is 1.14 bits per heavy atom. The summed E-state index contributed by atoms with van der Waals surface area (Å²) in [4.78, 5) is 37.0.